The Kier molecular flexibility index (Phi) is 6.76. The minimum Gasteiger partial charge on any atom is -0.494 e. The van der Waals surface area contributed by atoms with Gasteiger partial charge < -0.3 is 15.4 Å². The lowest BCUT2D eigenvalue weighted by Gasteiger charge is -2.24. The van der Waals surface area contributed by atoms with E-state index in [1.165, 1.54) is 26.4 Å². The standard InChI is InChI=1S/C17H25N3O4S.ClH/c1-24-16-10-12(7-8-14(16)20-25(2,22)23)18-17(21)15-9-11-5-3-4-6-13(11)19-15;/h7-8,10-11,13,15,19-20H,3-6,9H2,1-2H3,(H,18,21);1H. The molecule has 1 heterocycles. The van der Waals surface area contributed by atoms with E-state index in [1.54, 1.807) is 18.2 Å². The molecular formula is C17H26ClN3O4S. The number of halogens is 1. The lowest BCUT2D eigenvalue weighted by molar-refractivity contribution is -0.117. The second-order valence-corrected chi connectivity index (χ2v) is 8.63. The number of hydrogen-bond acceptors (Lipinski definition) is 5. The van der Waals surface area contributed by atoms with Gasteiger partial charge in [-0.15, -0.1) is 12.4 Å². The van der Waals surface area contributed by atoms with E-state index in [4.69, 9.17) is 4.74 Å². The van der Waals surface area contributed by atoms with E-state index in [-0.39, 0.29) is 24.4 Å². The van der Waals surface area contributed by atoms with Gasteiger partial charge in [0, 0.05) is 17.8 Å². The highest BCUT2D eigenvalue weighted by molar-refractivity contribution is 7.92. The van der Waals surface area contributed by atoms with E-state index in [0.717, 1.165) is 19.1 Å². The number of benzene rings is 1. The van der Waals surface area contributed by atoms with Crippen molar-refractivity contribution < 1.29 is 17.9 Å². The Labute approximate surface area is 160 Å². The molecule has 1 aromatic carbocycles. The fraction of sp³-hybridized carbons (Fsp3) is 0.588. The Morgan fingerprint density at radius 2 is 2.00 bits per heavy atom. The molecule has 26 heavy (non-hydrogen) atoms. The molecule has 0 radical (unpaired) electrons. The highest BCUT2D eigenvalue weighted by atomic mass is 35.5. The molecule has 2 fully saturated rings. The van der Waals surface area contributed by atoms with Gasteiger partial charge in [0.2, 0.25) is 15.9 Å². The fourth-order valence-corrected chi connectivity index (χ4v) is 4.37. The molecule has 1 amide bonds. The maximum Gasteiger partial charge on any atom is 0.241 e. The van der Waals surface area contributed by atoms with Crippen molar-refractivity contribution in [3.63, 3.8) is 0 Å². The highest BCUT2D eigenvalue weighted by Gasteiger charge is 2.38. The van der Waals surface area contributed by atoms with Crippen molar-refractivity contribution in [1.82, 2.24) is 5.32 Å². The molecule has 1 saturated carbocycles. The summed E-state index contributed by atoms with van der Waals surface area (Å²) < 4.78 is 30.4. The quantitative estimate of drug-likeness (QED) is 0.701. The molecule has 0 bridgehead atoms. The Morgan fingerprint density at radius 1 is 1.27 bits per heavy atom. The van der Waals surface area contributed by atoms with Crippen LogP contribution in [0.1, 0.15) is 32.1 Å². The second kappa shape index (κ2) is 8.45. The number of ether oxygens (including phenoxy) is 1. The van der Waals surface area contributed by atoms with Crippen LogP contribution in [0, 0.1) is 5.92 Å². The number of rotatable bonds is 5. The summed E-state index contributed by atoms with van der Waals surface area (Å²) in [5.74, 6) is 0.900. The lowest BCUT2D eigenvalue weighted by Crippen LogP contribution is -2.39. The van der Waals surface area contributed by atoms with E-state index in [2.05, 4.69) is 15.4 Å². The zero-order chi connectivity index (χ0) is 18.0. The number of sulfonamides is 1. The zero-order valence-corrected chi connectivity index (χ0v) is 16.6. The third-order valence-electron chi connectivity index (χ3n) is 4.94. The minimum absolute atomic E-state index is 0. The Bertz CT molecular complexity index is 742. The fourth-order valence-electron chi connectivity index (χ4n) is 3.80. The van der Waals surface area contributed by atoms with E-state index < -0.39 is 10.0 Å². The molecule has 2 aliphatic rings. The molecule has 7 nitrogen and oxygen atoms in total. The minimum atomic E-state index is -3.40. The summed E-state index contributed by atoms with van der Waals surface area (Å²) in [4.78, 5) is 12.5. The number of nitrogens with one attached hydrogen (secondary N) is 3. The van der Waals surface area contributed by atoms with Gasteiger partial charge in [-0.1, -0.05) is 12.8 Å². The monoisotopic (exact) mass is 403 g/mol. The van der Waals surface area contributed by atoms with Crippen molar-refractivity contribution in [2.45, 2.75) is 44.2 Å². The number of amides is 1. The lowest BCUT2D eigenvalue weighted by atomic mass is 9.85. The maximum atomic E-state index is 12.5. The van der Waals surface area contributed by atoms with Crippen molar-refractivity contribution in [3.05, 3.63) is 18.2 Å². The summed E-state index contributed by atoms with van der Waals surface area (Å²) in [6, 6.07) is 5.15. The van der Waals surface area contributed by atoms with Crippen molar-refractivity contribution in [1.29, 1.82) is 0 Å². The largest absolute Gasteiger partial charge is 0.494 e. The normalized spacial score (nSPS) is 24.9. The van der Waals surface area contributed by atoms with Crippen molar-refractivity contribution in [2.75, 3.05) is 23.4 Å². The average molecular weight is 404 g/mol. The summed E-state index contributed by atoms with van der Waals surface area (Å²) >= 11 is 0. The molecule has 146 valence electrons. The predicted molar refractivity (Wildman–Crippen MR) is 105 cm³/mol. The molecule has 3 atom stereocenters. The van der Waals surface area contributed by atoms with E-state index in [1.807, 2.05) is 0 Å². The first kappa shape index (κ1) is 20.8. The van der Waals surface area contributed by atoms with Crippen LogP contribution in [0.5, 0.6) is 5.75 Å². The van der Waals surface area contributed by atoms with E-state index in [9.17, 15) is 13.2 Å². The number of fused-ring (bicyclic) bond motifs is 1. The number of anilines is 2. The molecule has 0 aromatic heterocycles. The van der Waals surface area contributed by atoms with Crippen LogP contribution < -0.4 is 20.1 Å². The highest BCUT2D eigenvalue weighted by Crippen LogP contribution is 2.34. The SMILES string of the molecule is COc1cc(NC(=O)C2CC3CCCCC3N2)ccc1NS(C)(=O)=O.Cl. The van der Waals surface area contributed by atoms with E-state index >= 15 is 0 Å². The molecule has 0 spiro atoms. The molecular weight excluding hydrogens is 378 g/mol. The summed E-state index contributed by atoms with van der Waals surface area (Å²) in [6.45, 7) is 0. The Balaban J connectivity index is 0.00000243. The van der Waals surface area contributed by atoms with Crippen LogP contribution in [-0.2, 0) is 14.8 Å². The number of carbonyl (C=O) groups excluding carboxylic acids is 1. The van der Waals surface area contributed by atoms with Crippen molar-refractivity contribution in [2.24, 2.45) is 5.92 Å². The molecule has 1 aliphatic heterocycles. The first-order valence-electron chi connectivity index (χ1n) is 8.58. The average Bonchev–Trinajstić information content (AvgIpc) is 2.99. The van der Waals surface area contributed by atoms with Gasteiger partial charge in [0.15, 0.2) is 0 Å². The molecule has 3 unspecified atom stereocenters. The van der Waals surface area contributed by atoms with Crippen molar-refractivity contribution >= 4 is 39.7 Å². The summed E-state index contributed by atoms with van der Waals surface area (Å²) in [6.07, 6.45) is 6.78. The van der Waals surface area contributed by atoms with Gasteiger partial charge in [-0.05, 0) is 37.3 Å². The molecule has 1 aromatic rings. The van der Waals surface area contributed by atoms with Gasteiger partial charge >= 0.3 is 0 Å². The molecule has 1 saturated heterocycles. The maximum absolute atomic E-state index is 12.5. The van der Waals surface area contributed by atoms with E-state index in [0.29, 0.717) is 29.1 Å². The van der Waals surface area contributed by atoms with Crippen LogP contribution in [0.15, 0.2) is 18.2 Å². The molecule has 1 aliphatic carbocycles. The molecule has 9 heteroatoms. The van der Waals surface area contributed by atoms with Crippen LogP contribution in [0.2, 0.25) is 0 Å². The van der Waals surface area contributed by atoms with Gasteiger partial charge in [-0.25, -0.2) is 8.42 Å². The number of methoxy groups -OCH3 is 1. The summed E-state index contributed by atoms with van der Waals surface area (Å²) in [5.41, 5.74) is 0.922. The van der Waals surface area contributed by atoms with Crippen LogP contribution in [0.4, 0.5) is 11.4 Å². The predicted octanol–water partition coefficient (Wildman–Crippen LogP) is 2.35. The van der Waals surface area contributed by atoms with Gasteiger partial charge in [0.25, 0.3) is 0 Å². The second-order valence-electron chi connectivity index (χ2n) is 6.88. The third kappa shape index (κ3) is 5.02. The van der Waals surface area contributed by atoms with Gasteiger partial charge in [-0.2, -0.15) is 0 Å². The van der Waals surface area contributed by atoms with Crippen molar-refractivity contribution in [3.8, 4) is 5.75 Å². The first-order valence-corrected chi connectivity index (χ1v) is 10.5. The number of hydrogen-bond donors (Lipinski definition) is 3. The summed E-state index contributed by atoms with van der Waals surface area (Å²) in [5, 5.41) is 6.35. The van der Waals surface area contributed by atoms with Crippen LogP contribution in [-0.4, -0.2) is 39.8 Å². The van der Waals surface area contributed by atoms with Crippen LogP contribution in [0.3, 0.4) is 0 Å². The summed E-state index contributed by atoms with van der Waals surface area (Å²) in [7, 11) is -1.94. The topological polar surface area (TPSA) is 96.5 Å². The van der Waals surface area contributed by atoms with Crippen LogP contribution >= 0.6 is 12.4 Å². The smallest absolute Gasteiger partial charge is 0.241 e. The first-order chi connectivity index (χ1) is 11.9. The molecule has 3 rings (SSSR count). The van der Waals surface area contributed by atoms with Gasteiger partial charge in [0.05, 0.1) is 25.1 Å². The third-order valence-corrected chi connectivity index (χ3v) is 5.53. The Morgan fingerprint density at radius 3 is 2.65 bits per heavy atom. The Hall–Kier alpha value is -1.51. The van der Waals surface area contributed by atoms with Crippen LogP contribution in [0.25, 0.3) is 0 Å². The number of carbonyl (C=O) groups is 1. The van der Waals surface area contributed by atoms with Gasteiger partial charge in [0.1, 0.15) is 5.75 Å². The van der Waals surface area contributed by atoms with Gasteiger partial charge in [-0.3, -0.25) is 9.52 Å². The molecule has 3 N–H and O–H groups in total. The zero-order valence-electron chi connectivity index (χ0n) is 14.9.